The van der Waals surface area contributed by atoms with Gasteiger partial charge in [-0.25, -0.2) is 4.79 Å². The molecule has 0 fully saturated rings. The Kier molecular flexibility index (Phi) is 17.6. The predicted molar refractivity (Wildman–Crippen MR) is 102 cm³/mol. The Morgan fingerprint density at radius 2 is 1.33 bits per heavy atom. The molecule has 0 aliphatic heterocycles. The highest BCUT2D eigenvalue weighted by atomic mass is 16.7. The molecule has 0 amide bonds. The average Bonchev–Trinajstić information content (AvgIpc) is 2.56. The van der Waals surface area contributed by atoms with Crippen molar-refractivity contribution in [2.24, 2.45) is 5.92 Å². The van der Waals surface area contributed by atoms with E-state index in [9.17, 15) is 4.79 Å². The molecular weight excluding hydrogens is 300 g/mol. The van der Waals surface area contributed by atoms with Gasteiger partial charge < -0.3 is 9.47 Å². The zero-order valence-electron chi connectivity index (χ0n) is 16.4. The number of hydrogen-bond acceptors (Lipinski definition) is 3. The van der Waals surface area contributed by atoms with Gasteiger partial charge in [-0.15, -0.1) is 0 Å². The van der Waals surface area contributed by atoms with E-state index in [1.807, 2.05) is 13.8 Å². The largest absolute Gasteiger partial charge is 0.508 e. The second kappa shape index (κ2) is 18.4. The van der Waals surface area contributed by atoms with Crippen LogP contribution in [0.15, 0.2) is 12.2 Å². The van der Waals surface area contributed by atoms with E-state index in [4.69, 9.17) is 9.47 Å². The first-order valence-corrected chi connectivity index (χ1v) is 10.1. The van der Waals surface area contributed by atoms with Crippen molar-refractivity contribution in [1.82, 2.24) is 0 Å². The lowest BCUT2D eigenvalue weighted by molar-refractivity contribution is 0.0465. The molecule has 24 heavy (non-hydrogen) atoms. The summed E-state index contributed by atoms with van der Waals surface area (Å²) < 4.78 is 9.98. The van der Waals surface area contributed by atoms with Crippen LogP contribution in [0.5, 0.6) is 0 Å². The van der Waals surface area contributed by atoms with Crippen LogP contribution < -0.4 is 0 Å². The SMILES string of the molecule is CCCCCCC=CCCCCCCCCOC(=O)OCC(C)C. The summed E-state index contributed by atoms with van der Waals surface area (Å²) in [5, 5.41) is 0. The average molecular weight is 341 g/mol. The summed E-state index contributed by atoms with van der Waals surface area (Å²) in [5.74, 6) is 0.355. The number of unbranched alkanes of at least 4 members (excludes halogenated alkanes) is 10. The molecular formula is C21H40O3. The quantitative estimate of drug-likeness (QED) is 0.171. The van der Waals surface area contributed by atoms with Gasteiger partial charge in [-0.1, -0.05) is 77.9 Å². The first kappa shape index (κ1) is 23.0. The van der Waals surface area contributed by atoms with E-state index in [1.54, 1.807) is 0 Å². The molecule has 0 aromatic rings. The molecule has 0 rings (SSSR count). The summed E-state index contributed by atoms with van der Waals surface area (Å²) in [6, 6.07) is 0. The van der Waals surface area contributed by atoms with Crippen LogP contribution in [0.2, 0.25) is 0 Å². The summed E-state index contributed by atoms with van der Waals surface area (Å²) in [6.07, 6.45) is 19.2. The van der Waals surface area contributed by atoms with Gasteiger partial charge in [0.1, 0.15) is 0 Å². The third kappa shape index (κ3) is 19.1. The molecule has 0 aromatic heterocycles. The fourth-order valence-electron chi connectivity index (χ4n) is 2.43. The van der Waals surface area contributed by atoms with Crippen LogP contribution in [-0.4, -0.2) is 19.4 Å². The predicted octanol–water partition coefficient (Wildman–Crippen LogP) is 7.05. The number of carbonyl (C=O) groups is 1. The maximum absolute atomic E-state index is 11.2. The third-order valence-electron chi connectivity index (χ3n) is 3.91. The Balaban J connectivity index is 3.17. The van der Waals surface area contributed by atoms with E-state index < -0.39 is 6.16 Å². The molecule has 0 unspecified atom stereocenters. The van der Waals surface area contributed by atoms with Crippen LogP contribution >= 0.6 is 0 Å². The normalized spacial score (nSPS) is 11.3. The fourth-order valence-corrected chi connectivity index (χ4v) is 2.43. The van der Waals surface area contributed by atoms with Crippen molar-refractivity contribution < 1.29 is 14.3 Å². The Hall–Kier alpha value is -0.990. The van der Waals surface area contributed by atoms with Crippen LogP contribution in [0.3, 0.4) is 0 Å². The lowest BCUT2D eigenvalue weighted by Gasteiger charge is -2.07. The minimum absolute atomic E-state index is 0.355. The number of carbonyl (C=O) groups excluding carboxylic acids is 1. The molecule has 0 bridgehead atoms. The third-order valence-corrected chi connectivity index (χ3v) is 3.91. The Morgan fingerprint density at radius 1 is 0.792 bits per heavy atom. The van der Waals surface area contributed by atoms with E-state index in [0.29, 0.717) is 19.1 Å². The van der Waals surface area contributed by atoms with Crippen LogP contribution in [0.25, 0.3) is 0 Å². The molecule has 3 nitrogen and oxygen atoms in total. The topological polar surface area (TPSA) is 35.5 Å². The molecule has 0 saturated carbocycles. The standard InChI is InChI=1S/C21H40O3/c1-4-5-6-7-8-9-10-11-12-13-14-15-16-17-18-23-21(22)24-19-20(2)3/h9-10,20H,4-8,11-19H2,1-3H3. The molecule has 0 spiro atoms. The number of allylic oxidation sites excluding steroid dienone is 2. The smallest absolute Gasteiger partial charge is 0.434 e. The molecule has 0 aromatic carbocycles. The molecule has 0 atom stereocenters. The van der Waals surface area contributed by atoms with Crippen LogP contribution in [-0.2, 0) is 9.47 Å². The molecule has 0 heterocycles. The van der Waals surface area contributed by atoms with E-state index in [2.05, 4.69) is 19.1 Å². The molecule has 3 heteroatoms. The summed E-state index contributed by atoms with van der Waals surface area (Å²) in [4.78, 5) is 11.2. The van der Waals surface area contributed by atoms with Crippen molar-refractivity contribution in [2.45, 2.75) is 97.8 Å². The lowest BCUT2D eigenvalue weighted by Crippen LogP contribution is -2.12. The highest BCUT2D eigenvalue weighted by Crippen LogP contribution is 2.09. The Morgan fingerprint density at radius 3 is 1.92 bits per heavy atom. The fraction of sp³-hybridized carbons (Fsp3) is 0.857. The molecule has 0 aliphatic rings. The van der Waals surface area contributed by atoms with Gasteiger partial charge in [0.25, 0.3) is 0 Å². The van der Waals surface area contributed by atoms with Gasteiger partial charge in [0.15, 0.2) is 0 Å². The summed E-state index contributed by atoms with van der Waals surface area (Å²) in [7, 11) is 0. The number of ether oxygens (including phenoxy) is 2. The molecule has 0 N–H and O–H groups in total. The number of rotatable bonds is 16. The second-order valence-corrected chi connectivity index (χ2v) is 7.03. The molecule has 0 saturated heterocycles. The maximum Gasteiger partial charge on any atom is 0.508 e. The van der Waals surface area contributed by atoms with Gasteiger partial charge in [0.2, 0.25) is 0 Å². The van der Waals surface area contributed by atoms with Crippen molar-refractivity contribution in [3.05, 3.63) is 12.2 Å². The zero-order valence-corrected chi connectivity index (χ0v) is 16.4. The summed E-state index contributed by atoms with van der Waals surface area (Å²) in [5.41, 5.74) is 0. The molecule has 0 radical (unpaired) electrons. The lowest BCUT2D eigenvalue weighted by atomic mass is 10.1. The van der Waals surface area contributed by atoms with Gasteiger partial charge in [0, 0.05) is 0 Å². The zero-order chi connectivity index (χ0) is 17.9. The highest BCUT2D eigenvalue weighted by molar-refractivity contribution is 5.59. The number of hydrogen-bond donors (Lipinski definition) is 0. The van der Waals surface area contributed by atoms with Crippen molar-refractivity contribution in [1.29, 1.82) is 0 Å². The first-order chi connectivity index (χ1) is 11.7. The van der Waals surface area contributed by atoms with Crippen molar-refractivity contribution in [3.63, 3.8) is 0 Å². The minimum Gasteiger partial charge on any atom is -0.434 e. The summed E-state index contributed by atoms with van der Waals surface area (Å²) >= 11 is 0. The molecule has 0 aliphatic carbocycles. The van der Waals surface area contributed by atoms with Gasteiger partial charge >= 0.3 is 6.16 Å². The Labute approximate surface area is 150 Å². The van der Waals surface area contributed by atoms with E-state index in [-0.39, 0.29) is 0 Å². The van der Waals surface area contributed by atoms with Gasteiger partial charge in [0.05, 0.1) is 13.2 Å². The Bertz CT molecular complexity index is 297. The molecule has 142 valence electrons. The minimum atomic E-state index is -0.523. The summed E-state index contributed by atoms with van der Waals surface area (Å²) in [6.45, 7) is 7.20. The van der Waals surface area contributed by atoms with E-state index in [1.165, 1.54) is 64.2 Å². The van der Waals surface area contributed by atoms with Gasteiger partial charge in [-0.3, -0.25) is 0 Å². The van der Waals surface area contributed by atoms with E-state index >= 15 is 0 Å². The van der Waals surface area contributed by atoms with Gasteiger partial charge in [-0.05, 0) is 38.0 Å². The van der Waals surface area contributed by atoms with E-state index in [0.717, 1.165) is 12.8 Å². The maximum atomic E-state index is 11.2. The highest BCUT2D eigenvalue weighted by Gasteiger charge is 2.04. The monoisotopic (exact) mass is 340 g/mol. The second-order valence-electron chi connectivity index (χ2n) is 7.03. The van der Waals surface area contributed by atoms with Crippen LogP contribution in [0, 0.1) is 5.92 Å². The van der Waals surface area contributed by atoms with Crippen molar-refractivity contribution in [2.75, 3.05) is 13.2 Å². The van der Waals surface area contributed by atoms with Crippen molar-refractivity contribution >= 4 is 6.16 Å². The van der Waals surface area contributed by atoms with Crippen molar-refractivity contribution in [3.8, 4) is 0 Å². The van der Waals surface area contributed by atoms with Crippen LogP contribution in [0.4, 0.5) is 4.79 Å². The first-order valence-electron chi connectivity index (χ1n) is 10.1. The van der Waals surface area contributed by atoms with Crippen LogP contribution in [0.1, 0.15) is 97.8 Å². The van der Waals surface area contributed by atoms with Gasteiger partial charge in [-0.2, -0.15) is 0 Å².